The fourth-order valence-corrected chi connectivity index (χ4v) is 3.74. The maximum absolute atomic E-state index is 5.59. The van der Waals surface area contributed by atoms with Gasteiger partial charge in [0.05, 0.1) is 32.4 Å². The molecule has 32 heavy (non-hydrogen) atoms. The third kappa shape index (κ3) is 4.30. The number of anilines is 1. The summed E-state index contributed by atoms with van der Waals surface area (Å²) in [4.78, 5) is 9.75. The molecule has 1 atom stereocenters. The number of para-hydroxylation sites is 1. The summed E-state index contributed by atoms with van der Waals surface area (Å²) in [6, 6.07) is 22.0. The number of methoxy groups -OCH3 is 3. The second kappa shape index (κ2) is 9.56. The molecule has 0 amide bonds. The molecule has 4 aromatic rings. The molecular formula is C26H27N3O3. The Morgan fingerprint density at radius 2 is 1.47 bits per heavy atom. The summed E-state index contributed by atoms with van der Waals surface area (Å²) in [6.45, 7) is 2.59. The fourth-order valence-electron chi connectivity index (χ4n) is 3.74. The molecule has 0 aliphatic rings. The highest BCUT2D eigenvalue weighted by Gasteiger charge is 2.17. The van der Waals surface area contributed by atoms with E-state index in [0.29, 0.717) is 23.8 Å². The van der Waals surface area contributed by atoms with Crippen molar-refractivity contribution in [3.63, 3.8) is 0 Å². The molecule has 0 radical (unpaired) electrons. The highest BCUT2D eigenvalue weighted by atomic mass is 16.5. The minimum absolute atomic E-state index is 0.0615. The van der Waals surface area contributed by atoms with Gasteiger partial charge in [0.2, 0.25) is 0 Å². The Morgan fingerprint density at radius 1 is 0.812 bits per heavy atom. The first-order valence-corrected chi connectivity index (χ1v) is 10.5. The normalized spacial score (nSPS) is 11.8. The van der Waals surface area contributed by atoms with Crippen LogP contribution in [0.4, 0.5) is 5.82 Å². The Morgan fingerprint density at radius 3 is 2.12 bits per heavy atom. The van der Waals surface area contributed by atoms with Gasteiger partial charge in [0, 0.05) is 30.0 Å². The lowest BCUT2D eigenvalue weighted by Crippen LogP contribution is -2.10. The lowest BCUT2D eigenvalue weighted by atomic mass is 10.0. The molecule has 0 saturated heterocycles. The zero-order chi connectivity index (χ0) is 22.5. The van der Waals surface area contributed by atoms with Crippen molar-refractivity contribution in [2.24, 2.45) is 0 Å². The molecule has 1 N–H and O–H groups in total. The molecule has 1 unspecified atom stereocenters. The van der Waals surface area contributed by atoms with Crippen molar-refractivity contribution < 1.29 is 14.2 Å². The number of fused-ring (bicyclic) bond motifs is 1. The van der Waals surface area contributed by atoms with Crippen LogP contribution in [0.2, 0.25) is 0 Å². The smallest absolute Gasteiger partial charge is 0.138 e. The summed E-state index contributed by atoms with van der Waals surface area (Å²) in [6.07, 6.45) is 0. The third-order valence-electron chi connectivity index (χ3n) is 5.56. The Balaban J connectivity index is 1.72. The van der Waals surface area contributed by atoms with Crippen LogP contribution in [0.1, 0.15) is 29.8 Å². The maximum Gasteiger partial charge on any atom is 0.138 e. The van der Waals surface area contributed by atoms with Gasteiger partial charge in [0.1, 0.15) is 28.9 Å². The van der Waals surface area contributed by atoms with E-state index >= 15 is 0 Å². The van der Waals surface area contributed by atoms with Crippen LogP contribution in [0.15, 0.2) is 66.7 Å². The highest BCUT2D eigenvalue weighted by molar-refractivity contribution is 5.89. The van der Waals surface area contributed by atoms with Crippen molar-refractivity contribution in [3.05, 3.63) is 83.7 Å². The molecule has 1 aromatic heterocycles. The molecule has 0 aliphatic heterocycles. The van der Waals surface area contributed by atoms with Crippen LogP contribution in [0.25, 0.3) is 10.9 Å². The van der Waals surface area contributed by atoms with E-state index < -0.39 is 0 Å². The molecule has 1 heterocycles. The first kappa shape index (κ1) is 21.4. The van der Waals surface area contributed by atoms with Crippen molar-refractivity contribution >= 4 is 16.7 Å². The first-order valence-electron chi connectivity index (χ1n) is 10.5. The van der Waals surface area contributed by atoms with E-state index in [-0.39, 0.29) is 5.92 Å². The number of hydrogen-bond acceptors (Lipinski definition) is 6. The van der Waals surface area contributed by atoms with Crippen LogP contribution in [-0.2, 0) is 6.54 Å². The van der Waals surface area contributed by atoms with Crippen LogP contribution < -0.4 is 19.5 Å². The second-order valence-electron chi connectivity index (χ2n) is 7.44. The molecule has 3 aromatic carbocycles. The van der Waals surface area contributed by atoms with Crippen LogP contribution in [-0.4, -0.2) is 31.3 Å². The number of aromatic nitrogens is 2. The Hall–Kier alpha value is -3.80. The largest absolute Gasteiger partial charge is 0.496 e. The SMILES string of the molecule is COc1cc(OC)c(CNc2nc(C(C)c3ccccc3)nc3ccccc23)c(OC)c1. The lowest BCUT2D eigenvalue weighted by Gasteiger charge is -2.18. The van der Waals surface area contributed by atoms with Gasteiger partial charge in [-0.25, -0.2) is 9.97 Å². The predicted octanol–water partition coefficient (Wildman–Crippen LogP) is 5.42. The van der Waals surface area contributed by atoms with Crippen LogP contribution in [0, 0.1) is 0 Å². The molecule has 6 heteroatoms. The van der Waals surface area contributed by atoms with Gasteiger partial charge in [-0.3, -0.25) is 0 Å². The quantitative estimate of drug-likeness (QED) is 0.403. The number of nitrogens with one attached hydrogen (secondary N) is 1. The number of hydrogen-bond donors (Lipinski definition) is 1. The van der Waals surface area contributed by atoms with Crippen molar-refractivity contribution in [3.8, 4) is 17.2 Å². The van der Waals surface area contributed by atoms with Crippen molar-refractivity contribution in [2.75, 3.05) is 26.6 Å². The van der Waals surface area contributed by atoms with Gasteiger partial charge in [0.15, 0.2) is 0 Å². The van der Waals surface area contributed by atoms with Gasteiger partial charge in [-0.15, -0.1) is 0 Å². The average molecular weight is 430 g/mol. The van der Waals surface area contributed by atoms with Gasteiger partial charge >= 0.3 is 0 Å². The van der Waals surface area contributed by atoms with Gasteiger partial charge in [-0.05, 0) is 17.7 Å². The van der Waals surface area contributed by atoms with Crippen LogP contribution >= 0.6 is 0 Å². The number of benzene rings is 3. The lowest BCUT2D eigenvalue weighted by molar-refractivity contribution is 0.369. The number of nitrogens with zero attached hydrogens (tertiary/aromatic N) is 2. The predicted molar refractivity (Wildman–Crippen MR) is 127 cm³/mol. The number of rotatable bonds is 8. The van der Waals surface area contributed by atoms with Gasteiger partial charge in [-0.1, -0.05) is 49.4 Å². The summed E-state index contributed by atoms with van der Waals surface area (Å²) in [5.74, 6) is 3.65. The molecule has 164 valence electrons. The summed E-state index contributed by atoms with van der Waals surface area (Å²) in [7, 11) is 4.89. The molecular weight excluding hydrogens is 402 g/mol. The maximum atomic E-state index is 5.59. The van der Waals surface area contributed by atoms with Crippen molar-refractivity contribution in [1.82, 2.24) is 9.97 Å². The minimum atomic E-state index is 0.0615. The number of ether oxygens (including phenoxy) is 3. The Bertz CT molecular complexity index is 1190. The molecule has 6 nitrogen and oxygen atoms in total. The van der Waals surface area contributed by atoms with E-state index in [4.69, 9.17) is 24.2 Å². The third-order valence-corrected chi connectivity index (χ3v) is 5.56. The minimum Gasteiger partial charge on any atom is -0.496 e. The Kier molecular flexibility index (Phi) is 6.40. The fraction of sp³-hybridized carbons (Fsp3) is 0.231. The first-order chi connectivity index (χ1) is 15.6. The van der Waals surface area contributed by atoms with E-state index in [1.54, 1.807) is 21.3 Å². The van der Waals surface area contributed by atoms with E-state index in [0.717, 1.165) is 28.1 Å². The Labute approximate surface area is 188 Å². The van der Waals surface area contributed by atoms with Crippen molar-refractivity contribution in [1.29, 1.82) is 0 Å². The monoisotopic (exact) mass is 429 g/mol. The standard InChI is InChI=1S/C26H27N3O3/c1-17(18-10-6-5-7-11-18)25-28-22-13-9-8-12-20(22)26(29-25)27-16-21-23(31-3)14-19(30-2)15-24(21)32-4/h5-15,17H,16H2,1-4H3,(H,27,28,29). The van der Waals surface area contributed by atoms with Crippen LogP contribution in [0.5, 0.6) is 17.2 Å². The molecule has 0 spiro atoms. The highest BCUT2D eigenvalue weighted by Crippen LogP contribution is 2.35. The summed E-state index contributed by atoms with van der Waals surface area (Å²) in [5, 5.41) is 4.45. The zero-order valence-electron chi connectivity index (χ0n) is 18.8. The summed E-state index contributed by atoms with van der Waals surface area (Å²) < 4.78 is 16.5. The molecule has 4 rings (SSSR count). The van der Waals surface area contributed by atoms with Gasteiger partial charge in [0.25, 0.3) is 0 Å². The zero-order valence-corrected chi connectivity index (χ0v) is 18.8. The molecule has 0 bridgehead atoms. The van der Waals surface area contributed by atoms with E-state index in [2.05, 4.69) is 24.4 Å². The summed E-state index contributed by atoms with van der Waals surface area (Å²) in [5.41, 5.74) is 2.96. The van der Waals surface area contributed by atoms with E-state index in [1.807, 2.05) is 54.6 Å². The van der Waals surface area contributed by atoms with Crippen molar-refractivity contribution in [2.45, 2.75) is 19.4 Å². The average Bonchev–Trinajstić information content (AvgIpc) is 2.86. The van der Waals surface area contributed by atoms with Gasteiger partial charge < -0.3 is 19.5 Å². The summed E-state index contributed by atoms with van der Waals surface area (Å²) >= 11 is 0. The topological polar surface area (TPSA) is 65.5 Å². The van der Waals surface area contributed by atoms with E-state index in [1.165, 1.54) is 5.56 Å². The molecule has 0 fully saturated rings. The molecule has 0 saturated carbocycles. The van der Waals surface area contributed by atoms with Gasteiger partial charge in [-0.2, -0.15) is 0 Å². The van der Waals surface area contributed by atoms with E-state index in [9.17, 15) is 0 Å². The van der Waals surface area contributed by atoms with Crippen LogP contribution in [0.3, 0.4) is 0 Å². The second-order valence-corrected chi connectivity index (χ2v) is 7.44. The molecule has 0 aliphatic carbocycles.